The summed E-state index contributed by atoms with van der Waals surface area (Å²) in [5.41, 5.74) is 11.0. The molecule has 1 heterocycles. The first kappa shape index (κ1) is 14.3. The van der Waals surface area contributed by atoms with E-state index in [0.29, 0.717) is 18.5 Å². The summed E-state index contributed by atoms with van der Waals surface area (Å²) in [6, 6.07) is 10.9. The Bertz CT molecular complexity index is 727. The maximum atomic E-state index is 6.11. The van der Waals surface area contributed by atoms with Crippen molar-refractivity contribution >= 4 is 5.96 Å². The number of aromatic nitrogens is 2. The predicted octanol–water partition coefficient (Wildman–Crippen LogP) is 2.27. The van der Waals surface area contributed by atoms with Crippen molar-refractivity contribution in [1.29, 1.82) is 0 Å². The fourth-order valence-corrected chi connectivity index (χ4v) is 3.34. The number of aliphatic imine (C=N–C) groups is 1. The summed E-state index contributed by atoms with van der Waals surface area (Å²) < 4.78 is 2.09. The Hall–Kier alpha value is -2.30. The SMILES string of the molecule is CN(C(N)=NCc1nn(-c2ccccc2)c2c1CCC2)C1CC1. The number of hydrogen-bond acceptors (Lipinski definition) is 2. The van der Waals surface area contributed by atoms with Crippen molar-refractivity contribution < 1.29 is 0 Å². The number of benzene rings is 1. The fraction of sp³-hybridized carbons (Fsp3) is 0.444. The standard InChI is InChI=1S/C18H23N5/c1-22(13-10-11-13)18(19)20-12-16-15-8-5-9-17(15)23(21-16)14-6-3-2-4-7-14/h2-4,6-7,13H,5,8-12H2,1H3,(H2,19,20). The first-order valence-corrected chi connectivity index (χ1v) is 8.42. The zero-order chi connectivity index (χ0) is 15.8. The van der Waals surface area contributed by atoms with Crippen molar-refractivity contribution in [2.24, 2.45) is 10.7 Å². The molecule has 23 heavy (non-hydrogen) atoms. The lowest BCUT2D eigenvalue weighted by atomic mass is 10.2. The summed E-state index contributed by atoms with van der Waals surface area (Å²) in [7, 11) is 2.03. The quantitative estimate of drug-likeness (QED) is 0.696. The number of para-hydroxylation sites is 1. The van der Waals surface area contributed by atoms with Crippen LogP contribution >= 0.6 is 0 Å². The van der Waals surface area contributed by atoms with Crippen LogP contribution in [0.15, 0.2) is 35.3 Å². The summed E-state index contributed by atoms with van der Waals surface area (Å²) >= 11 is 0. The van der Waals surface area contributed by atoms with Crippen molar-refractivity contribution in [2.75, 3.05) is 7.05 Å². The van der Waals surface area contributed by atoms with Crippen LogP contribution in [0, 0.1) is 0 Å². The van der Waals surface area contributed by atoms with Crippen LogP contribution < -0.4 is 5.73 Å². The van der Waals surface area contributed by atoms with E-state index >= 15 is 0 Å². The van der Waals surface area contributed by atoms with Gasteiger partial charge in [-0.15, -0.1) is 0 Å². The first-order valence-electron chi connectivity index (χ1n) is 8.42. The molecule has 120 valence electrons. The molecule has 2 aromatic rings. The van der Waals surface area contributed by atoms with Crippen molar-refractivity contribution in [3.63, 3.8) is 0 Å². The van der Waals surface area contributed by atoms with Crippen molar-refractivity contribution in [3.05, 3.63) is 47.3 Å². The van der Waals surface area contributed by atoms with Crippen LogP contribution in [-0.4, -0.2) is 33.7 Å². The van der Waals surface area contributed by atoms with Gasteiger partial charge in [0, 0.05) is 18.8 Å². The van der Waals surface area contributed by atoms with E-state index in [1.54, 1.807) is 0 Å². The molecule has 0 unspecified atom stereocenters. The van der Waals surface area contributed by atoms with Crippen LogP contribution in [0.25, 0.3) is 5.69 Å². The van der Waals surface area contributed by atoms with Gasteiger partial charge in [-0.3, -0.25) is 0 Å². The maximum Gasteiger partial charge on any atom is 0.191 e. The smallest absolute Gasteiger partial charge is 0.191 e. The van der Waals surface area contributed by atoms with Gasteiger partial charge in [0.2, 0.25) is 0 Å². The van der Waals surface area contributed by atoms with E-state index in [-0.39, 0.29) is 0 Å². The Labute approximate surface area is 136 Å². The fourth-order valence-electron chi connectivity index (χ4n) is 3.34. The molecule has 2 aliphatic carbocycles. The van der Waals surface area contributed by atoms with Gasteiger partial charge < -0.3 is 10.6 Å². The molecule has 0 saturated heterocycles. The summed E-state index contributed by atoms with van der Waals surface area (Å²) in [6.45, 7) is 0.574. The molecule has 5 heteroatoms. The highest BCUT2D eigenvalue weighted by atomic mass is 15.3. The van der Waals surface area contributed by atoms with E-state index in [0.717, 1.165) is 24.2 Å². The van der Waals surface area contributed by atoms with Crippen molar-refractivity contribution in [2.45, 2.75) is 44.7 Å². The third-order valence-electron chi connectivity index (χ3n) is 4.86. The van der Waals surface area contributed by atoms with Gasteiger partial charge in [0.05, 0.1) is 17.9 Å². The Morgan fingerprint density at radius 1 is 1.30 bits per heavy atom. The van der Waals surface area contributed by atoms with Crippen LogP contribution in [0.5, 0.6) is 0 Å². The molecule has 0 atom stereocenters. The van der Waals surface area contributed by atoms with Crippen LogP contribution in [0.1, 0.15) is 36.2 Å². The third-order valence-corrected chi connectivity index (χ3v) is 4.86. The largest absolute Gasteiger partial charge is 0.370 e. The van der Waals surface area contributed by atoms with E-state index in [1.807, 2.05) is 13.1 Å². The minimum absolute atomic E-state index is 0.574. The lowest BCUT2D eigenvalue weighted by Gasteiger charge is -2.16. The molecule has 1 aromatic carbocycles. The maximum absolute atomic E-state index is 6.11. The third kappa shape index (κ3) is 2.71. The van der Waals surface area contributed by atoms with Gasteiger partial charge in [0.15, 0.2) is 5.96 Å². The number of hydrogen-bond donors (Lipinski definition) is 1. The molecular weight excluding hydrogens is 286 g/mol. The molecule has 1 aromatic heterocycles. The van der Waals surface area contributed by atoms with Gasteiger partial charge in [-0.05, 0) is 49.8 Å². The molecule has 2 aliphatic rings. The van der Waals surface area contributed by atoms with Crippen LogP contribution in [0.4, 0.5) is 0 Å². The topological polar surface area (TPSA) is 59.4 Å². The van der Waals surface area contributed by atoms with Gasteiger partial charge in [-0.1, -0.05) is 18.2 Å². The van der Waals surface area contributed by atoms with Crippen molar-refractivity contribution in [1.82, 2.24) is 14.7 Å². The molecule has 0 aliphatic heterocycles. The molecule has 1 saturated carbocycles. The highest BCUT2D eigenvalue weighted by Gasteiger charge is 2.28. The molecule has 0 radical (unpaired) electrons. The molecule has 4 rings (SSSR count). The molecule has 0 amide bonds. The second kappa shape index (κ2) is 5.72. The van der Waals surface area contributed by atoms with E-state index in [2.05, 4.69) is 38.8 Å². The zero-order valence-electron chi connectivity index (χ0n) is 13.6. The van der Waals surface area contributed by atoms with Gasteiger partial charge in [-0.25, -0.2) is 9.67 Å². The normalized spacial score (nSPS) is 17.3. The summed E-state index contributed by atoms with van der Waals surface area (Å²) in [5.74, 6) is 0.633. The van der Waals surface area contributed by atoms with Gasteiger partial charge >= 0.3 is 0 Å². The van der Waals surface area contributed by atoms with E-state index in [1.165, 1.54) is 30.5 Å². The molecular formula is C18H23N5. The van der Waals surface area contributed by atoms with Gasteiger partial charge in [-0.2, -0.15) is 5.10 Å². The average Bonchev–Trinajstić information content (AvgIpc) is 3.22. The Balaban J connectivity index is 1.61. The average molecular weight is 309 g/mol. The number of fused-ring (bicyclic) bond motifs is 1. The highest BCUT2D eigenvalue weighted by molar-refractivity contribution is 5.78. The van der Waals surface area contributed by atoms with E-state index in [9.17, 15) is 0 Å². The number of nitrogens with zero attached hydrogens (tertiary/aromatic N) is 4. The van der Waals surface area contributed by atoms with Gasteiger partial charge in [0.25, 0.3) is 0 Å². The highest BCUT2D eigenvalue weighted by Crippen LogP contribution is 2.28. The van der Waals surface area contributed by atoms with Crippen molar-refractivity contribution in [3.8, 4) is 5.69 Å². The van der Waals surface area contributed by atoms with Crippen LogP contribution in [0.2, 0.25) is 0 Å². The second-order valence-electron chi connectivity index (χ2n) is 6.49. The number of guanidine groups is 1. The van der Waals surface area contributed by atoms with Crippen LogP contribution in [0.3, 0.4) is 0 Å². The molecule has 0 spiro atoms. The predicted molar refractivity (Wildman–Crippen MR) is 91.7 cm³/mol. The Morgan fingerprint density at radius 3 is 2.83 bits per heavy atom. The molecule has 0 bridgehead atoms. The summed E-state index contributed by atoms with van der Waals surface area (Å²) in [5, 5.41) is 4.83. The zero-order valence-corrected chi connectivity index (χ0v) is 13.6. The first-order chi connectivity index (χ1) is 11.2. The second-order valence-corrected chi connectivity index (χ2v) is 6.49. The lowest BCUT2D eigenvalue weighted by Crippen LogP contribution is -2.35. The number of nitrogens with two attached hydrogens (primary N) is 1. The molecule has 1 fully saturated rings. The summed E-state index contributed by atoms with van der Waals surface area (Å²) in [4.78, 5) is 6.68. The minimum atomic E-state index is 0.574. The van der Waals surface area contributed by atoms with E-state index in [4.69, 9.17) is 10.8 Å². The van der Waals surface area contributed by atoms with E-state index < -0.39 is 0 Å². The summed E-state index contributed by atoms with van der Waals surface area (Å²) in [6.07, 6.45) is 5.85. The van der Waals surface area contributed by atoms with Crippen LogP contribution in [-0.2, 0) is 19.4 Å². The Kier molecular flexibility index (Phi) is 3.56. The van der Waals surface area contributed by atoms with Gasteiger partial charge in [0.1, 0.15) is 0 Å². The lowest BCUT2D eigenvalue weighted by molar-refractivity contribution is 0.487. The minimum Gasteiger partial charge on any atom is -0.370 e. The Morgan fingerprint density at radius 2 is 2.09 bits per heavy atom. The monoisotopic (exact) mass is 309 g/mol. The number of rotatable bonds is 4. The molecule has 5 nitrogen and oxygen atoms in total. The molecule has 2 N–H and O–H groups in total.